The fourth-order valence-electron chi connectivity index (χ4n) is 2.77. The summed E-state index contributed by atoms with van der Waals surface area (Å²) in [6, 6.07) is 2.09. The topological polar surface area (TPSA) is 49.9 Å². The zero-order valence-electron chi connectivity index (χ0n) is 14.0. The van der Waals surface area contributed by atoms with Crippen LogP contribution in [0.4, 0.5) is 4.79 Å². The smallest absolute Gasteiger partial charge is 0.410 e. The molecule has 1 aromatic rings. The quantitative estimate of drug-likeness (QED) is 0.832. The molecule has 0 unspecified atom stereocenters. The van der Waals surface area contributed by atoms with Gasteiger partial charge < -0.3 is 14.5 Å². The second-order valence-electron chi connectivity index (χ2n) is 7.24. The largest absolute Gasteiger partial charge is 0.444 e. The molecule has 0 N–H and O–H groups in total. The SMILES string of the molecule is CC(C)(C)OC(=O)N1CCN(C(=O)c2sccc2C2CC2)CC1. The van der Waals surface area contributed by atoms with Gasteiger partial charge in [-0.05, 0) is 56.5 Å². The van der Waals surface area contributed by atoms with Gasteiger partial charge in [-0.2, -0.15) is 0 Å². The molecule has 0 radical (unpaired) electrons. The first-order chi connectivity index (χ1) is 10.8. The highest BCUT2D eigenvalue weighted by atomic mass is 32.1. The number of rotatable bonds is 2. The van der Waals surface area contributed by atoms with Crippen LogP contribution in [0.15, 0.2) is 11.4 Å². The maximum Gasteiger partial charge on any atom is 0.410 e. The third kappa shape index (κ3) is 3.86. The van der Waals surface area contributed by atoms with E-state index < -0.39 is 5.60 Å². The number of nitrogens with zero attached hydrogens (tertiary/aromatic N) is 2. The monoisotopic (exact) mass is 336 g/mol. The Labute approximate surface area is 141 Å². The third-order valence-electron chi connectivity index (χ3n) is 4.13. The molecule has 1 aliphatic carbocycles. The van der Waals surface area contributed by atoms with Gasteiger partial charge in [-0.15, -0.1) is 11.3 Å². The molecule has 2 heterocycles. The van der Waals surface area contributed by atoms with Crippen molar-refractivity contribution < 1.29 is 14.3 Å². The molecule has 126 valence electrons. The number of ether oxygens (including phenoxy) is 1. The summed E-state index contributed by atoms with van der Waals surface area (Å²) >= 11 is 1.54. The number of hydrogen-bond acceptors (Lipinski definition) is 4. The summed E-state index contributed by atoms with van der Waals surface area (Å²) in [5.74, 6) is 0.703. The Bertz CT molecular complexity index is 593. The predicted molar refractivity (Wildman–Crippen MR) is 90.0 cm³/mol. The number of carbonyl (C=O) groups excluding carboxylic acids is 2. The maximum absolute atomic E-state index is 12.7. The summed E-state index contributed by atoms with van der Waals surface area (Å²) in [5, 5.41) is 2.01. The zero-order valence-corrected chi connectivity index (χ0v) is 14.8. The zero-order chi connectivity index (χ0) is 16.6. The third-order valence-corrected chi connectivity index (χ3v) is 5.04. The van der Waals surface area contributed by atoms with Crippen molar-refractivity contribution in [3.63, 3.8) is 0 Å². The molecule has 2 fully saturated rings. The molecule has 1 saturated carbocycles. The van der Waals surface area contributed by atoms with Crippen molar-refractivity contribution in [1.29, 1.82) is 0 Å². The van der Waals surface area contributed by atoms with E-state index in [1.165, 1.54) is 29.7 Å². The van der Waals surface area contributed by atoms with Gasteiger partial charge in [0, 0.05) is 26.2 Å². The van der Waals surface area contributed by atoms with Crippen LogP contribution in [-0.4, -0.2) is 53.6 Å². The van der Waals surface area contributed by atoms with Gasteiger partial charge in [0.15, 0.2) is 0 Å². The fraction of sp³-hybridized carbons (Fsp3) is 0.647. The van der Waals surface area contributed by atoms with Crippen molar-refractivity contribution in [2.24, 2.45) is 0 Å². The average Bonchev–Trinajstić information content (AvgIpc) is 3.22. The van der Waals surface area contributed by atoms with Crippen LogP contribution < -0.4 is 0 Å². The van der Waals surface area contributed by atoms with Crippen LogP contribution in [0.5, 0.6) is 0 Å². The van der Waals surface area contributed by atoms with Crippen LogP contribution in [0, 0.1) is 0 Å². The Hall–Kier alpha value is -1.56. The minimum atomic E-state index is -0.486. The Kier molecular flexibility index (Phi) is 4.36. The van der Waals surface area contributed by atoms with E-state index in [1.54, 1.807) is 4.90 Å². The van der Waals surface area contributed by atoms with E-state index in [0.717, 1.165) is 4.88 Å². The molecule has 0 spiro atoms. The van der Waals surface area contributed by atoms with Crippen LogP contribution in [0.1, 0.15) is 54.8 Å². The molecule has 0 aromatic carbocycles. The van der Waals surface area contributed by atoms with Gasteiger partial charge in [-0.25, -0.2) is 4.79 Å². The highest BCUT2D eigenvalue weighted by molar-refractivity contribution is 7.12. The van der Waals surface area contributed by atoms with Crippen molar-refractivity contribution in [2.75, 3.05) is 26.2 Å². The lowest BCUT2D eigenvalue weighted by molar-refractivity contribution is 0.0141. The number of amides is 2. The molecule has 1 saturated heterocycles. The van der Waals surface area contributed by atoms with E-state index in [-0.39, 0.29) is 12.0 Å². The number of carbonyl (C=O) groups is 2. The molecule has 1 aliphatic heterocycles. The Balaban J connectivity index is 1.57. The lowest BCUT2D eigenvalue weighted by Crippen LogP contribution is -2.51. The van der Waals surface area contributed by atoms with E-state index in [4.69, 9.17) is 4.74 Å². The van der Waals surface area contributed by atoms with E-state index in [2.05, 4.69) is 6.07 Å². The Morgan fingerprint density at radius 2 is 1.74 bits per heavy atom. The van der Waals surface area contributed by atoms with Gasteiger partial charge in [0.25, 0.3) is 5.91 Å². The highest BCUT2D eigenvalue weighted by Gasteiger charge is 2.32. The molecule has 5 nitrogen and oxygen atoms in total. The second kappa shape index (κ2) is 6.15. The molecular weight excluding hydrogens is 312 g/mol. The normalized spacial score (nSPS) is 18.9. The van der Waals surface area contributed by atoms with Gasteiger partial charge in [0.1, 0.15) is 5.60 Å². The number of piperazine rings is 1. The minimum absolute atomic E-state index is 0.116. The summed E-state index contributed by atoms with van der Waals surface area (Å²) in [5.41, 5.74) is 0.731. The number of thiophene rings is 1. The highest BCUT2D eigenvalue weighted by Crippen LogP contribution is 2.43. The molecule has 1 aromatic heterocycles. The molecule has 0 atom stereocenters. The molecule has 0 bridgehead atoms. The maximum atomic E-state index is 12.7. The standard InChI is InChI=1S/C17H24N2O3S/c1-17(2,3)22-16(21)19-9-7-18(8-10-19)15(20)14-13(6-11-23-14)12-4-5-12/h6,11-12H,4-5,7-10H2,1-3H3. The van der Waals surface area contributed by atoms with E-state index in [9.17, 15) is 9.59 Å². The molecule has 6 heteroatoms. The van der Waals surface area contributed by atoms with Crippen LogP contribution in [0.3, 0.4) is 0 Å². The average molecular weight is 336 g/mol. The second-order valence-corrected chi connectivity index (χ2v) is 8.16. The van der Waals surface area contributed by atoms with Gasteiger partial charge in [0.2, 0.25) is 0 Å². The van der Waals surface area contributed by atoms with Crippen molar-refractivity contribution in [3.05, 3.63) is 21.9 Å². The summed E-state index contributed by atoms with van der Waals surface area (Å²) < 4.78 is 5.39. The van der Waals surface area contributed by atoms with Crippen LogP contribution in [0.2, 0.25) is 0 Å². The lowest BCUT2D eigenvalue weighted by atomic mass is 10.1. The Morgan fingerprint density at radius 3 is 2.30 bits per heavy atom. The molecular formula is C17H24N2O3S. The first-order valence-electron chi connectivity index (χ1n) is 8.20. The van der Waals surface area contributed by atoms with E-state index in [1.807, 2.05) is 31.1 Å². The van der Waals surface area contributed by atoms with Gasteiger partial charge in [-0.1, -0.05) is 0 Å². The van der Waals surface area contributed by atoms with E-state index in [0.29, 0.717) is 32.1 Å². The van der Waals surface area contributed by atoms with Gasteiger partial charge in [0.05, 0.1) is 4.88 Å². The van der Waals surface area contributed by atoms with Crippen LogP contribution >= 0.6 is 11.3 Å². The summed E-state index contributed by atoms with van der Waals surface area (Å²) in [6.45, 7) is 7.79. The van der Waals surface area contributed by atoms with Crippen molar-refractivity contribution in [3.8, 4) is 0 Å². The predicted octanol–water partition coefficient (Wildman–Crippen LogP) is 3.32. The Morgan fingerprint density at radius 1 is 1.13 bits per heavy atom. The van der Waals surface area contributed by atoms with Crippen molar-refractivity contribution in [1.82, 2.24) is 9.80 Å². The molecule has 23 heavy (non-hydrogen) atoms. The van der Waals surface area contributed by atoms with Crippen molar-refractivity contribution in [2.45, 2.75) is 45.1 Å². The summed E-state index contributed by atoms with van der Waals surface area (Å²) in [6.07, 6.45) is 2.10. The summed E-state index contributed by atoms with van der Waals surface area (Å²) in [4.78, 5) is 29.2. The molecule has 2 aliphatic rings. The van der Waals surface area contributed by atoms with Crippen LogP contribution in [0.25, 0.3) is 0 Å². The fourth-order valence-corrected chi connectivity index (χ4v) is 3.72. The number of hydrogen-bond donors (Lipinski definition) is 0. The first-order valence-corrected chi connectivity index (χ1v) is 9.08. The molecule has 2 amide bonds. The summed E-state index contributed by atoms with van der Waals surface area (Å²) in [7, 11) is 0. The first kappa shape index (κ1) is 16.3. The lowest BCUT2D eigenvalue weighted by Gasteiger charge is -2.35. The van der Waals surface area contributed by atoms with Gasteiger partial charge in [-0.3, -0.25) is 4.79 Å². The van der Waals surface area contributed by atoms with Crippen molar-refractivity contribution >= 4 is 23.3 Å². The van der Waals surface area contributed by atoms with Crippen LogP contribution in [-0.2, 0) is 4.74 Å². The van der Waals surface area contributed by atoms with E-state index >= 15 is 0 Å². The van der Waals surface area contributed by atoms with Gasteiger partial charge >= 0.3 is 6.09 Å². The minimum Gasteiger partial charge on any atom is -0.444 e. The molecule has 3 rings (SSSR count).